The van der Waals surface area contributed by atoms with E-state index in [9.17, 15) is 0 Å². The van der Waals surface area contributed by atoms with Crippen LogP contribution in [0.5, 0.6) is 0 Å². The van der Waals surface area contributed by atoms with Crippen LogP contribution in [0.15, 0.2) is 187 Å². The minimum absolute atomic E-state index is 0.357. The minimum atomic E-state index is 0.357. The van der Waals surface area contributed by atoms with Gasteiger partial charge in [-0.15, -0.1) is 0 Å². The molecule has 2 aliphatic rings. The van der Waals surface area contributed by atoms with Crippen LogP contribution in [0.1, 0.15) is 18.4 Å². The summed E-state index contributed by atoms with van der Waals surface area (Å²) in [5.41, 5.74) is 14.2. The largest absolute Gasteiger partial charge is 0.299 e. The van der Waals surface area contributed by atoms with Crippen molar-refractivity contribution < 1.29 is 0 Å². The van der Waals surface area contributed by atoms with Crippen LogP contribution in [-0.4, -0.2) is 16.4 Å². The Labute approximate surface area is 342 Å². The number of pyridine rings is 1. The maximum atomic E-state index is 8.80. The van der Waals surface area contributed by atoms with Gasteiger partial charge in [-0.2, -0.15) is 5.10 Å². The maximum Gasteiger partial charge on any atom is 0.109 e. The zero-order chi connectivity index (χ0) is 39.3. The Kier molecular flexibility index (Phi) is 8.41. The van der Waals surface area contributed by atoms with Crippen LogP contribution in [0.4, 0.5) is 5.69 Å². The molecule has 4 nitrogen and oxygen atoms in total. The summed E-state index contributed by atoms with van der Waals surface area (Å²) in [6.07, 6.45) is 16.6. The highest BCUT2D eigenvalue weighted by Crippen LogP contribution is 2.37. The van der Waals surface area contributed by atoms with Gasteiger partial charge in [0.05, 0.1) is 11.4 Å². The van der Waals surface area contributed by atoms with Crippen molar-refractivity contribution in [3.8, 4) is 33.4 Å². The summed E-state index contributed by atoms with van der Waals surface area (Å²) < 4.78 is 0. The van der Waals surface area contributed by atoms with E-state index in [4.69, 9.17) is 10.5 Å². The van der Waals surface area contributed by atoms with Gasteiger partial charge in [0, 0.05) is 23.3 Å². The molecule has 0 aliphatic heterocycles. The average Bonchev–Trinajstić information content (AvgIpc) is 3.30. The lowest BCUT2D eigenvalue weighted by atomic mass is 9.84. The van der Waals surface area contributed by atoms with E-state index < -0.39 is 0 Å². The summed E-state index contributed by atoms with van der Waals surface area (Å²) in [7, 11) is 0. The van der Waals surface area contributed by atoms with Gasteiger partial charge < -0.3 is 0 Å². The molecular formula is C55H38N4. The van der Waals surface area contributed by atoms with Crippen LogP contribution in [0, 0.1) is 5.41 Å². The summed E-state index contributed by atoms with van der Waals surface area (Å²) in [4.78, 5) is 4.47. The molecule has 0 saturated heterocycles. The summed E-state index contributed by atoms with van der Waals surface area (Å²) in [5.74, 6) is 0. The zero-order valence-corrected chi connectivity index (χ0v) is 32.3. The van der Waals surface area contributed by atoms with Gasteiger partial charge in [-0.3, -0.25) is 15.8 Å². The Bertz CT molecular complexity index is 3420. The fraction of sp³-hybridized carbons (Fsp3) is 0.0364. The molecule has 59 heavy (non-hydrogen) atoms. The van der Waals surface area contributed by atoms with Crippen molar-refractivity contribution in [2.24, 2.45) is 5.10 Å². The first-order valence-electron chi connectivity index (χ1n) is 20.2. The topological polar surface area (TPSA) is 61.1 Å². The summed E-state index contributed by atoms with van der Waals surface area (Å²) >= 11 is 0. The highest BCUT2D eigenvalue weighted by molar-refractivity contribution is 6.51. The molecule has 0 unspecified atom stereocenters. The second-order valence-corrected chi connectivity index (χ2v) is 15.4. The smallest absolute Gasteiger partial charge is 0.109 e. The molecule has 0 amide bonds. The lowest BCUT2D eigenvalue weighted by Gasteiger charge is -2.20. The molecule has 0 radical (unpaired) electrons. The third kappa shape index (κ3) is 6.23. The van der Waals surface area contributed by atoms with Crippen molar-refractivity contribution >= 4 is 77.9 Å². The van der Waals surface area contributed by atoms with Gasteiger partial charge in [0.1, 0.15) is 5.71 Å². The molecule has 11 rings (SSSR count). The number of fused-ring (bicyclic) bond motifs is 5. The van der Waals surface area contributed by atoms with E-state index in [0.717, 1.165) is 46.2 Å². The van der Waals surface area contributed by atoms with Crippen molar-refractivity contribution in [3.63, 3.8) is 0 Å². The second kappa shape index (κ2) is 14.4. The molecule has 0 spiro atoms. The van der Waals surface area contributed by atoms with Crippen molar-refractivity contribution in [1.29, 1.82) is 5.41 Å². The van der Waals surface area contributed by atoms with E-state index in [0.29, 0.717) is 11.4 Å². The predicted octanol–water partition coefficient (Wildman–Crippen LogP) is 12.5. The second-order valence-electron chi connectivity index (χ2n) is 15.4. The van der Waals surface area contributed by atoms with Gasteiger partial charge in [0.25, 0.3) is 0 Å². The number of anilines is 1. The minimum Gasteiger partial charge on any atom is -0.299 e. The Hall–Kier alpha value is -7.69. The van der Waals surface area contributed by atoms with Crippen LogP contribution in [0.25, 0.3) is 94.2 Å². The Morgan fingerprint density at radius 2 is 1.08 bits per heavy atom. The highest BCUT2D eigenvalue weighted by Gasteiger charge is 2.19. The number of hydrogen-bond acceptors (Lipinski definition) is 4. The third-order valence-corrected chi connectivity index (χ3v) is 11.8. The molecule has 9 aromatic rings. The predicted molar refractivity (Wildman–Crippen MR) is 250 cm³/mol. The fourth-order valence-corrected chi connectivity index (χ4v) is 8.90. The quantitative estimate of drug-likeness (QED) is 0.131. The van der Waals surface area contributed by atoms with Crippen LogP contribution < -0.4 is 15.9 Å². The normalized spacial score (nSPS) is 14.3. The van der Waals surface area contributed by atoms with E-state index in [1.54, 1.807) is 0 Å². The number of nitrogens with zero attached hydrogens (tertiary/aromatic N) is 2. The lowest BCUT2D eigenvalue weighted by Crippen LogP contribution is -2.31. The molecule has 278 valence electrons. The van der Waals surface area contributed by atoms with E-state index in [2.05, 4.69) is 156 Å². The van der Waals surface area contributed by atoms with Crippen molar-refractivity contribution in [2.45, 2.75) is 12.8 Å². The first kappa shape index (κ1) is 34.5. The zero-order valence-electron chi connectivity index (χ0n) is 32.3. The summed E-state index contributed by atoms with van der Waals surface area (Å²) in [6.45, 7) is 0. The van der Waals surface area contributed by atoms with Crippen LogP contribution in [0.2, 0.25) is 0 Å². The maximum absolute atomic E-state index is 8.80. The first-order valence-corrected chi connectivity index (χ1v) is 20.2. The Morgan fingerprint density at radius 3 is 1.78 bits per heavy atom. The summed E-state index contributed by atoms with van der Waals surface area (Å²) in [5, 5.41) is 25.8. The standard InChI is InChI=1S/C55H38N4/c56-52-28-24-41(32-53(52)59-58-45-25-21-37(22-26-45)51-34-57-33-44-13-5-6-14-46(44)51)40-23-27-49-50(31-40)55(43-20-18-36-10-2-4-12-39(36)30-43)48-16-8-7-15-47(48)54(49)42-19-17-35-9-1-3-11-38(35)29-42/h1-6,9-34,56,58H,7-8H2/b56-52?,59-53-. The highest BCUT2D eigenvalue weighted by atomic mass is 15.3. The van der Waals surface area contributed by atoms with Crippen LogP contribution >= 0.6 is 0 Å². The SMILES string of the molecule is N=C1C=CC(c2ccc3c(-c4ccc5ccccc5c4)c4c(c(-c5ccc6ccccc6c5)c3c2)=CCCC=4)=C/C1=N/Nc1ccc(-c2cncc3ccccc23)cc1. The van der Waals surface area contributed by atoms with E-state index in [1.165, 1.54) is 70.4 Å². The number of hydrogen-bond donors (Lipinski definition) is 2. The average molecular weight is 755 g/mol. The molecular weight excluding hydrogens is 717 g/mol. The number of nitrogens with one attached hydrogen (secondary N) is 2. The molecule has 1 aromatic heterocycles. The van der Waals surface area contributed by atoms with Crippen LogP contribution in [-0.2, 0) is 0 Å². The molecule has 1 heterocycles. The number of aromatic nitrogens is 1. The van der Waals surface area contributed by atoms with Gasteiger partial charge in [0.2, 0.25) is 0 Å². The Morgan fingerprint density at radius 1 is 0.492 bits per heavy atom. The molecule has 8 aromatic carbocycles. The van der Waals surface area contributed by atoms with Crippen LogP contribution in [0.3, 0.4) is 0 Å². The summed E-state index contributed by atoms with van der Waals surface area (Å²) in [6, 6.07) is 54.4. The van der Waals surface area contributed by atoms with Gasteiger partial charge in [-0.1, -0.05) is 140 Å². The molecule has 4 heteroatoms. The monoisotopic (exact) mass is 754 g/mol. The van der Waals surface area contributed by atoms with Gasteiger partial charge in [0.15, 0.2) is 0 Å². The third-order valence-electron chi connectivity index (χ3n) is 11.8. The van der Waals surface area contributed by atoms with Gasteiger partial charge in [-0.25, -0.2) is 0 Å². The number of rotatable bonds is 6. The number of hydrazone groups is 1. The van der Waals surface area contributed by atoms with E-state index >= 15 is 0 Å². The van der Waals surface area contributed by atoms with Gasteiger partial charge >= 0.3 is 0 Å². The molecule has 2 aliphatic carbocycles. The molecule has 2 N–H and O–H groups in total. The van der Waals surface area contributed by atoms with Crippen molar-refractivity contribution in [2.75, 3.05) is 5.43 Å². The van der Waals surface area contributed by atoms with Crippen molar-refractivity contribution in [3.05, 3.63) is 198 Å². The van der Waals surface area contributed by atoms with E-state index in [1.807, 2.05) is 48.8 Å². The molecule has 0 saturated carbocycles. The lowest BCUT2D eigenvalue weighted by molar-refractivity contribution is 1.12. The van der Waals surface area contributed by atoms with Crippen molar-refractivity contribution in [1.82, 2.24) is 4.98 Å². The van der Waals surface area contributed by atoms with E-state index in [-0.39, 0.29) is 0 Å². The van der Waals surface area contributed by atoms with Gasteiger partial charge in [-0.05, 0) is 142 Å². The fourth-order valence-electron chi connectivity index (χ4n) is 8.90. The molecule has 0 atom stereocenters. The first-order chi connectivity index (χ1) is 29.1. The Balaban J connectivity index is 1.02. The number of allylic oxidation sites excluding steroid dienone is 4. The molecule has 0 fully saturated rings. The molecule has 0 bridgehead atoms. The number of benzene rings is 8.